The summed E-state index contributed by atoms with van der Waals surface area (Å²) in [5.74, 6) is -3.09. The van der Waals surface area contributed by atoms with Crippen molar-refractivity contribution >= 4 is 23.7 Å². The van der Waals surface area contributed by atoms with Crippen molar-refractivity contribution in [2.24, 2.45) is 11.7 Å². The molecule has 0 aliphatic heterocycles. The number of nitrogens with one attached hydrogen (secondary N) is 3. The Morgan fingerprint density at radius 3 is 1.50 bits per heavy atom. The molecule has 0 aliphatic rings. The van der Waals surface area contributed by atoms with Crippen LogP contribution in [0.4, 0.5) is 0 Å². The van der Waals surface area contributed by atoms with Crippen molar-refractivity contribution in [2.75, 3.05) is 0 Å². The predicted octanol–water partition coefficient (Wildman–Crippen LogP) is 0.815. The highest BCUT2D eigenvalue weighted by Crippen LogP contribution is 2.14. The second-order valence-corrected chi connectivity index (χ2v) is 9.68. The van der Waals surface area contributed by atoms with E-state index in [9.17, 15) is 34.5 Å². The first-order valence-electron chi connectivity index (χ1n) is 12.3. The minimum absolute atomic E-state index is 0.0272. The topological polar surface area (TPSA) is 191 Å². The zero-order chi connectivity index (χ0) is 28.4. The number of hydrogen-bond acceptors (Lipinski definition) is 7. The molecule has 2 aromatic rings. The van der Waals surface area contributed by atoms with Gasteiger partial charge >= 0.3 is 5.97 Å². The van der Waals surface area contributed by atoms with Crippen LogP contribution in [0, 0.1) is 5.92 Å². The van der Waals surface area contributed by atoms with Gasteiger partial charge in [0.05, 0.1) is 6.04 Å². The van der Waals surface area contributed by atoms with E-state index < -0.39 is 47.9 Å². The number of carboxylic acid groups (broad SMARTS) is 1. The molecule has 0 aliphatic carbocycles. The second kappa shape index (κ2) is 14.0. The molecule has 8 N–H and O–H groups in total. The lowest BCUT2D eigenvalue weighted by Gasteiger charge is -2.26. The molecule has 38 heavy (non-hydrogen) atoms. The molecule has 11 nitrogen and oxygen atoms in total. The summed E-state index contributed by atoms with van der Waals surface area (Å²) < 4.78 is 0. The fraction of sp³-hybridized carbons (Fsp3) is 0.407. The van der Waals surface area contributed by atoms with E-state index in [1.807, 2.05) is 13.8 Å². The number of phenolic OH excluding ortho intramolecular Hbond substituents is 2. The fourth-order valence-electron chi connectivity index (χ4n) is 3.70. The van der Waals surface area contributed by atoms with Gasteiger partial charge < -0.3 is 37.0 Å². The number of carboxylic acids is 1. The molecule has 0 saturated heterocycles. The maximum Gasteiger partial charge on any atom is 0.326 e. The van der Waals surface area contributed by atoms with Gasteiger partial charge in [-0.3, -0.25) is 14.4 Å². The zero-order valence-electron chi connectivity index (χ0n) is 21.7. The molecular weight excluding hydrogens is 492 g/mol. The third kappa shape index (κ3) is 9.74. The minimum Gasteiger partial charge on any atom is -0.508 e. The standard InChI is InChI=1S/C27H36N4O7/c1-15(2)12-21(25(35)31-23(27(37)38)14-18-6-10-20(33)11-7-18)30-26(36)22(29-24(34)16(3)28)13-17-4-8-19(32)9-5-17/h4-11,15-16,21-23,32-33H,12-14,28H2,1-3H3,(H,29,34)(H,30,36)(H,31,35)(H,37,38). The molecule has 0 bridgehead atoms. The van der Waals surface area contributed by atoms with Crippen LogP contribution in [-0.4, -0.2) is 63.2 Å². The van der Waals surface area contributed by atoms with Crippen molar-refractivity contribution in [3.05, 3.63) is 59.7 Å². The van der Waals surface area contributed by atoms with E-state index >= 15 is 0 Å². The lowest BCUT2D eigenvalue weighted by atomic mass is 10.00. The number of rotatable bonds is 13. The second-order valence-electron chi connectivity index (χ2n) is 9.68. The average molecular weight is 529 g/mol. The van der Waals surface area contributed by atoms with Gasteiger partial charge in [0.1, 0.15) is 29.6 Å². The van der Waals surface area contributed by atoms with Crippen LogP contribution in [0.2, 0.25) is 0 Å². The van der Waals surface area contributed by atoms with Crippen LogP contribution in [-0.2, 0) is 32.0 Å². The summed E-state index contributed by atoms with van der Waals surface area (Å²) in [4.78, 5) is 50.6. The molecule has 0 spiro atoms. The number of phenols is 2. The normalized spacial score (nSPS) is 14.1. The van der Waals surface area contributed by atoms with Crippen molar-refractivity contribution in [1.29, 1.82) is 0 Å². The van der Waals surface area contributed by atoms with E-state index in [4.69, 9.17) is 5.73 Å². The number of aliphatic carboxylic acids is 1. The molecule has 0 radical (unpaired) electrons. The number of aromatic hydroxyl groups is 2. The summed E-state index contributed by atoms with van der Waals surface area (Å²) in [5.41, 5.74) is 6.90. The van der Waals surface area contributed by atoms with Gasteiger partial charge in [0.15, 0.2) is 0 Å². The Balaban J connectivity index is 2.21. The summed E-state index contributed by atoms with van der Waals surface area (Å²) in [6, 6.07) is 7.76. The van der Waals surface area contributed by atoms with Crippen LogP contribution in [0.1, 0.15) is 38.3 Å². The Labute approximate surface area is 221 Å². The molecule has 11 heteroatoms. The van der Waals surface area contributed by atoms with Crippen LogP contribution in [0.5, 0.6) is 11.5 Å². The van der Waals surface area contributed by atoms with Gasteiger partial charge in [-0.25, -0.2) is 4.79 Å². The molecule has 206 valence electrons. The van der Waals surface area contributed by atoms with Crippen molar-refractivity contribution in [1.82, 2.24) is 16.0 Å². The lowest BCUT2D eigenvalue weighted by molar-refractivity contribution is -0.142. The molecule has 0 saturated carbocycles. The number of carbonyl (C=O) groups excluding carboxylic acids is 3. The van der Waals surface area contributed by atoms with Crippen molar-refractivity contribution in [2.45, 2.75) is 64.2 Å². The van der Waals surface area contributed by atoms with Crippen molar-refractivity contribution in [3.63, 3.8) is 0 Å². The van der Waals surface area contributed by atoms with E-state index in [0.29, 0.717) is 11.1 Å². The first-order valence-corrected chi connectivity index (χ1v) is 12.3. The predicted molar refractivity (Wildman–Crippen MR) is 140 cm³/mol. The quantitative estimate of drug-likeness (QED) is 0.199. The third-order valence-corrected chi connectivity index (χ3v) is 5.75. The minimum atomic E-state index is -1.27. The number of nitrogens with two attached hydrogens (primary N) is 1. The summed E-state index contributed by atoms with van der Waals surface area (Å²) >= 11 is 0. The van der Waals surface area contributed by atoms with Gasteiger partial charge in [-0.2, -0.15) is 0 Å². The van der Waals surface area contributed by atoms with Crippen LogP contribution in [0.25, 0.3) is 0 Å². The number of hydrogen-bond donors (Lipinski definition) is 7. The molecule has 0 fully saturated rings. The van der Waals surface area contributed by atoms with Crippen LogP contribution in [0.3, 0.4) is 0 Å². The maximum absolute atomic E-state index is 13.3. The molecule has 2 aromatic carbocycles. The van der Waals surface area contributed by atoms with Crippen molar-refractivity contribution < 1.29 is 34.5 Å². The SMILES string of the molecule is CC(C)CC(NC(=O)C(Cc1ccc(O)cc1)NC(=O)C(C)N)C(=O)NC(Cc1ccc(O)cc1)C(=O)O. The molecule has 4 unspecified atom stereocenters. The molecule has 2 rings (SSSR count). The zero-order valence-corrected chi connectivity index (χ0v) is 21.7. The van der Waals surface area contributed by atoms with Gasteiger partial charge in [-0.15, -0.1) is 0 Å². The Kier molecular flexibility index (Phi) is 11.1. The molecule has 3 amide bonds. The summed E-state index contributed by atoms with van der Waals surface area (Å²) in [5, 5.41) is 36.4. The smallest absolute Gasteiger partial charge is 0.326 e. The monoisotopic (exact) mass is 528 g/mol. The first kappa shape index (κ1) is 30.1. The third-order valence-electron chi connectivity index (χ3n) is 5.75. The van der Waals surface area contributed by atoms with Gasteiger partial charge in [-0.1, -0.05) is 38.1 Å². The Morgan fingerprint density at radius 1 is 0.684 bits per heavy atom. The molecule has 0 heterocycles. The first-order chi connectivity index (χ1) is 17.8. The molecule has 0 aromatic heterocycles. The fourth-order valence-corrected chi connectivity index (χ4v) is 3.70. The Hall–Kier alpha value is -4.12. The molecule has 4 atom stereocenters. The Morgan fingerprint density at radius 2 is 1.08 bits per heavy atom. The highest BCUT2D eigenvalue weighted by molar-refractivity contribution is 5.94. The number of amides is 3. The average Bonchev–Trinajstić information content (AvgIpc) is 2.84. The summed E-state index contributed by atoms with van der Waals surface area (Å²) in [6.45, 7) is 5.17. The van der Waals surface area contributed by atoms with Crippen LogP contribution >= 0.6 is 0 Å². The largest absolute Gasteiger partial charge is 0.508 e. The number of benzene rings is 2. The van der Waals surface area contributed by atoms with Gasteiger partial charge in [0, 0.05) is 12.8 Å². The van der Waals surface area contributed by atoms with Crippen LogP contribution < -0.4 is 21.7 Å². The summed E-state index contributed by atoms with van der Waals surface area (Å²) in [7, 11) is 0. The van der Waals surface area contributed by atoms with E-state index in [0.717, 1.165) is 0 Å². The van der Waals surface area contributed by atoms with Gasteiger partial charge in [0.2, 0.25) is 17.7 Å². The van der Waals surface area contributed by atoms with E-state index in [1.54, 1.807) is 24.3 Å². The van der Waals surface area contributed by atoms with E-state index in [2.05, 4.69) is 16.0 Å². The van der Waals surface area contributed by atoms with E-state index in [1.165, 1.54) is 31.2 Å². The number of carbonyl (C=O) groups is 4. The van der Waals surface area contributed by atoms with Gasteiger partial charge in [0.25, 0.3) is 0 Å². The van der Waals surface area contributed by atoms with Crippen molar-refractivity contribution in [3.8, 4) is 11.5 Å². The lowest BCUT2D eigenvalue weighted by Crippen LogP contribution is -2.57. The summed E-state index contributed by atoms with van der Waals surface area (Å²) in [6.07, 6.45) is 0.257. The van der Waals surface area contributed by atoms with Gasteiger partial charge in [-0.05, 0) is 54.7 Å². The highest BCUT2D eigenvalue weighted by Gasteiger charge is 2.30. The molecular formula is C27H36N4O7. The van der Waals surface area contributed by atoms with Crippen LogP contribution in [0.15, 0.2) is 48.5 Å². The Bertz CT molecular complexity index is 1100. The maximum atomic E-state index is 13.3. The van der Waals surface area contributed by atoms with E-state index in [-0.39, 0.29) is 36.7 Å². The highest BCUT2D eigenvalue weighted by atomic mass is 16.4.